The first kappa shape index (κ1) is 25.6. The Morgan fingerprint density at radius 2 is 0.833 bits per heavy atom. The zero-order valence-electron chi connectivity index (χ0n) is 18.7. The summed E-state index contributed by atoms with van der Waals surface area (Å²) in [5, 5.41) is 1.88. The zero-order chi connectivity index (χ0) is 22.4. The van der Waals surface area contributed by atoms with Crippen molar-refractivity contribution in [1.29, 1.82) is 0 Å². The first-order valence-corrected chi connectivity index (χ1v) is 14.8. The fourth-order valence-electron chi connectivity index (χ4n) is 3.25. The highest BCUT2D eigenvalue weighted by atomic mass is 33.1. The van der Waals surface area contributed by atoms with Crippen LogP contribution in [0.5, 0.6) is 0 Å². The van der Waals surface area contributed by atoms with Crippen LogP contribution in [0.3, 0.4) is 0 Å². The van der Waals surface area contributed by atoms with Crippen molar-refractivity contribution in [2.75, 3.05) is 42.7 Å². The van der Waals surface area contributed by atoms with Gasteiger partial charge in [-0.3, -0.25) is 0 Å². The molecule has 0 amide bonds. The topological polar surface area (TPSA) is 55.4 Å². The fraction of sp³-hybridized carbons (Fsp3) is 0.400. The van der Waals surface area contributed by atoms with E-state index in [1.54, 1.807) is 64.2 Å². The van der Waals surface area contributed by atoms with Gasteiger partial charge in [-0.2, -0.15) is 0 Å². The minimum Gasteiger partial charge on any atom is -0.373 e. The summed E-state index contributed by atoms with van der Waals surface area (Å²) in [6, 6.07) is 12.2. The summed E-state index contributed by atoms with van der Waals surface area (Å²) < 4.78 is 34.5. The van der Waals surface area contributed by atoms with E-state index in [2.05, 4.69) is 26.0 Å². The Labute approximate surface area is 189 Å². The molecule has 6 nitrogen and oxygen atoms in total. The van der Waals surface area contributed by atoms with Crippen molar-refractivity contribution in [3.63, 3.8) is 0 Å². The summed E-state index contributed by atoms with van der Waals surface area (Å²) in [4.78, 5) is 2.13. The van der Waals surface area contributed by atoms with Gasteiger partial charge < -0.3 is 26.6 Å². The van der Waals surface area contributed by atoms with Crippen LogP contribution in [-0.4, -0.2) is 60.3 Å². The molecule has 30 heavy (non-hydrogen) atoms. The highest BCUT2D eigenvalue weighted by molar-refractivity contribution is 8.76. The maximum Gasteiger partial charge on any atom is 0.537 e. The van der Waals surface area contributed by atoms with Crippen LogP contribution in [0.2, 0.25) is 0 Å². The summed E-state index contributed by atoms with van der Waals surface area (Å²) in [5.74, 6) is 0. The van der Waals surface area contributed by atoms with Gasteiger partial charge >= 0.3 is 17.6 Å². The van der Waals surface area contributed by atoms with E-state index in [-0.39, 0.29) is 0 Å². The normalized spacial score (nSPS) is 12.4. The molecule has 0 aromatic heterocycles. The van der Waals surface area contributed by atoms with Gasteiger partial charge in [0.15, 0.2) is 0 Å². The van der Waals surface area contributed by atoms with Gasteiger partial charge in [-0.15, -0.1) is 0 Å². The highest BCUT2D eigenvalue weighted by Crippen LogP contribution is 2.40. The second kappa shape index (κ2) is 11.3. The van der Waals surface area contributed by atoms with Crippen molar-refractivity contribution in [2.45, 2.75) is 23.6 Å². The van der Waals surface area contributed by atoms with Gasteiger partial charge in [-0.25, -0.2) is 0 Å². The average molecular weight is 487 g/mol. The zero-order valence-corrected chi connectivity index (χ0v) is 22.4. The molecule has 0 fully saturated rings. The van der Waals surface area contributed by atoms with E-state index >= 15 is 0 Å². The van der Waals surface area contributed by atoms with E-state index in [1.807, 2.05) is 24.3 Å². The first-order chi connectivity index (χ1) is 14.4. The molecule has 166 valence electrons. The summed E-state index contributed by atoms with van der Waals surface area (Å²) in [7, 11) is 7.04. The predicted molar refractivity (Wildman–Crippen MR) is 127 cm³/mol. The maximum atomic E-state index is 5.74. The maximum absolute atomic E-state index is 5.74. The van der Waals surface area contributed by atoms with E-state index in [4.69, 9.17) is 26.6 Å². The van der Waals surface area contributed by atoms with Crippen molar-refractivity contribution in [2.24, 2.45) is 0 Å². The largest absolute Gasteiger partial charge is 0.537 e. The van der Waals surface area contributed by atoms with Gasteiger partial charge in [0, 0.05) is 62.8 Å². The SMILES string of the molecule is CO[Si](OC)(OC)c1cccc(C)c1SSc1c(C)cccc1[Si](OC)(OC)OC. The molecule has 0 aliphatic rings. The molecular formula is C20H30O6S2Si2. The van der Waals surface area contributed by atoms with Crippen LogP contribution in [0, 0.1) is 13.8 Å². The molecule has 0 saturated carbocycles. The van der Waals surface area contributed by atoms with Crippen LogP contribution < -0.4 is 10.4 Å². The summed E-state index contributed by atoms with van der Waals surface area (Å²) in [5.41, 5.74) is 2.24. The van der Waals surface area contributed by atoms with Crippen LogP contribution in [0.4, 0.5) is 0 Å². The van der Waals surface area contributed by atoms with E-state index in [9.17, 15) is 0 Å². The number of benzene rings is 2. The number of aryl methyl sites for hydroxylation is 2. The molecule has 0 N–H and O–H groups in total. The lowest BCUT2D eigenvalue weighted by Crippen LogP contribution is -2.55. The molecule has 2 aromatic rings. The molecule has 10 heteroatoms. The quantitative estimate of drug-likeness (QED) is 0.354. The molecule has 0 radical (unpaired) electrons. The molecule has 0 saturated heterocycles. The smallest absolute Gasteiger partial charge is 0.373 e. The first-order valence-electron chi connectivity index (χ1n) is 9.24. The lowest BCUT2D eigenvalue weighted by atomic mass is 10.2. The summed E-state index contributed by atoms with van der Waals surface area (Å²) >= 11 is 0. The van der Waals surface area contributed by atoms with Gasteiger partial charge in [-0.05, 0) is 25.0 Å². The molecule has 0 aliphatic carbocycles. The second-order valence-electron chi connectivity index (χ2n) is 6.41. The predicted octanol–water partition coefficient (Wildman–Crippen LogP) is 3.27. The Balaban J connectivity index is 2.52. The molecule has 0 spiro atoms. The Morgan fingerprint density at radius 3 is 1.10 bits per heavy atom. The second-order valence-corrected chi connectivity index (χ2v) is 14.3. The number of hydrogen-bond acceptors (Lipinski definition) is 8. The summed E-state index contributed by atoms with van der Waals surface area (Å²) in [6.45, 7) is 4.15. The van der Waals surface area contributed by atoms with Gasteiger partial charge in [0.2, 0.25) is 0 Å². The Kier molecular flexibility index (Phi) is 9.62. The number of hydrogen-bond donors (Lipinski definition) is 0. The monoisotopic (exact) mass is 486 g/mol. The lowest BCUT2D eigenvalue weighted by molar-refractivity contribution is 0.139. The molecular weight excluding hydrogens is 457 g/mol. The van der Waals surface area contributed by atoms with E-state index in [1.165, 1.54) is 0 Å². The minimum absolute atomic E-state index is 0.941. The Morgan fingerprint density at radius 1 is 0.533 bits per heavy atom. The van der Waals surface area contributed by atoms with E-state index in [0.717, 1.165) is 31.3 Å². The third-order valence-electron chi connectivity index (χ3n) is 4.90. The van der Waals surface area contributed by atoms with Gasteiger partial charge in [0.05, 0.1) is 0 Å². The highest BCUT2D eigenvalue weighted by Gasteiger charge is 2.45. The third kappa shape index (κ3) is 4.88. The molecule has 2 rings (SSSR count). The standard InChI is InChI=1S/C20H30O6S2Si2/c1-15-11-9-13-17(29(21-3,22-4)23-5)19(15)27-28-20-16(2)12-10-14-18(20)30(24-6,25-7)26-8/h9-14H,1-8H3. The third-order valence-corrected chi connectivity index (χ3v) is 13.4. The summed E-state index contributed by atoms with van der Waals surface area (Å²) in [6.07, 6.45) is 0. The van der Waals surface area contributed by atoms with Gasteiger partial charge in [0.25, 0.3) is 0 Å². The molecule has 0 unspecified atom stereocenters. The van der Waals surface area contributed by atoms with Crippen molar-refractivity contribution >= 4 is 49.6 Å². The molecule has 2 aromatic carbocycles. The Hall–Kier alpha value is -0.666. The fourth-order valence-corrected chi connectivity index (χ4v) is 11.3. The molecule has 0 atom stereocenters. The molecule has 0 heterocycles. The average Bonchev–Trinajstić information content (AvgIpc) is 2.77. The van der Waals surface area contributed by atoms with Crippen LogP contribution in [0.1, 0.15) is 11.1 Å². The van der Waals surface area contributed by atoms with Gasteiger partial charge in [-0.1, -0.05) is 58.0 Å². The lowest BCUT2D eigenvalue weighted by Gasteiger charge is -2.28. The Bertz CT molecular complexity index is 758. The van der Waals surface area contributed by atoms with Crippen molar-refractivity contribution < 1.29 is 26.6 Å². The minimum atomic E-state index is -2.99. The van der Waals surface area contributed by atoms with E-state index < -0.39 is 17.6 Å². The van der Waals surface area contributed by atoms with Crippen LogP contribution in [-0.2, 0) is 26.6 Å². The van der Waals surface area contributed by atoms with Crippen molar-refractivity contribution in [3.05, 3.63) is 47.5 Å². The van der Waals surface area contributed by atoms with Crippen molar-refractivity contribution in [3.8, 4) is 0 Å². The van der Waals surface area contributed by atoms with Crippen LogP contribution >= 0.6 is 21.6 Å². The van der Waals surface area contributed by atoms with Crippen molar-refractivity contribution in [1.82, 2.24) is 0 Å². The molecule has 0 aliphatic heterocycles. The van der Waals surface area contributed by atoms with Crippen LogP contribution in [0.15, 0.2) is 46.2 Å². The van der Waals surface area contributed by atoms with E-state index in [0.29, 0.717) is 0 Å². The van der Waals surface area contributed by atoms with Crippen LogP contribution in [0.25, 0.3) is 0 Å². The number of rotatable bonds is 11. The van der Waals surface area contributed by atoms with Gasteiger partial charge in [0.1, 0.15) is 0 Å². The molecule has 0 bridgehead atoms.